The second kappa shape index (κ2) is 4.81. The van der Waals surface area contributed by atoms with Gasteiger partial charge in [0.15, 0.2) is 5.69 Å². The zero-order chi connectivity index (χ0) is 15.0. The minimum atomic E-state index is -4.65. The van der Waals surface area contributed by atoms with Gasteiger partial charge in [0, 0.05) is 29.5 Å². The van der Waals surface area contributed by atoms with Crippen LogP contribution in [0.1, 0.15) is 5.69 Å². The topological polar surface area (TPSA) is 82.5 Å². The molecular weight excluding hydrogens is 305 g/mol. The summed E-state index contributed by atoms with van der Waals surface area (Å²) in [7, 11) is 0. The van der Waals surface area contributed by atoms with Gasteiger partial charge in [0.25, 0.3) is 5.95 Å². The zero-order valence-corrected chi connectivity index (χ0v) is 11.1. The minimum Gasteiger partial charge on any atom is -0.383 e. The van der Waals surface area contributed by atoms with Crippen LogP contribution < -0.4 is 5.73 Å². The first kappa shape index (κ1) is 13.5. The van der Waals surface area contributed by atoms with Gasteiger partial charge in [-0.1, -0.05) is 0 Å². The number of nitrogens with zero attached hydrogens (tertiary/aromatic N) is 5. The number of alkyl halides is 3. The van der Waals surface area contributed by atoms with Gasteiger partial charge in [-0.15, -0.1) is 0 Å². The second-order valence-corrected chi connectivity index (χ2v) is 4.64. The van der Waals surface area contributed by atoms with E-state index in [4.69, 9.17) is 5.73 Å². The molecule has 10 heteroatoms. The van der Waals surface area contributed by atoms with E-state index in [0.29, 0.717) is 0 Å². The molecule has 21 heavy (non-hydrogen) atoms. The molecule has 108 valence electrons. The number of halogens is 3. The van der Waals surface area contributed by atoms with Crippen molar-refractivity contribution in [1.29, 1.82) is 0 Å². The van der Waals surface area contributed by atoms with Gasteiger partial charge in [-0.3, -0.25) is 0 Å². The Balaban J connectivity index is 2.26. The first-order valence-corrected chi connectivity index (χ1v) is 6.45. The van der Waals surface area contributed by atoms with Crippen LogP contribution in [0.4, 0.5) is 19.0 Å². The van der Waals surface area contributed by atoms with Crippen LogP contribution in [-0.2, 0) is 6.18 Å². The van der Waals surface area contributed by atoms with Gasteiger partial charge in [-0.05, 0) is 17.6 Å². The average molecular weight is 312 g/mol. The lowest BCUT2D eigenvalue weighted by atomic mass is 10.1. The first-order valence-electron chi connectivity index (χ1n) is 5.61. The summed E-state index contributed by atoms with van der Waals surface area (Å²) >= 11 is 1.03. The quantitative estimate of drug-likeness (QED) is 0.785. The highest BCUT2D eigenvalue weighted by Crippen LogP contribution is 2.40. The van der Waals surface area contributed by atoms with Crippen LogP contribution in [-0.4, -0.2) is 24.1 Å². The summed E-state index contributed by atoms with van der Waals surface area (Å²) in [5.41, 5.74) is 4.77. The van der Waals surface area contributed by atoms with Crippen molar-refractivity contribution in [3.8, 4) is 17.1 Å². The van der Waals surface area contributed by atoms with Crippen LogP contribution in [0.2, 0.25) is 0 Å². The molecule has 0 saturated heterocycles. The van der Waals surface area contributed by atoms with E-state index in [0.717, 1.165) is 16.2 Å². The Morgan fingerprint density at radius 3 is 2.48 bits per heavy atom. The van der Waals surface area contributed by atoms with Gasteiger partial charge in [-0.2, -0.15) is 23.0 Å². The van der Waals surface area contributed by atoms with Crippen molar-refractivity contribution < 1.29 is 13.2 Å². The van der Waals surface area contributed by atoms with Crippen LogP contribution in [0.15, 0.2) is 30.0 Å². The minimum absolute atomic E-state index is 0.0325. The van der Waals surface area contributed by atoms with E-state index in [1.54, 1.807) is 0 Å². The van der Waals surface area contributed by atoms with Crippen molar-refractivity contribution in [3.63, 3.8) is 0 Å². The van der Waals surface area contributed by atoms with Gasteiger partial charge >= 0.3 is 6.18 Å². The molecule has 0 atom stereocenters. The molecular formula is C11H7F3N6S. The summed E-state index contributed by atoms with van der Waals surface area (Å²) in [4.78, 5) is 7.71. The molecule has 0 spiro atoms. The Morgan fingerprint density at radius 1 is 1.19 bits per heavy atom. The number of hydrogen-bond acceptors (Lipinski definition) is 6. The molecule has 6 nitrogen and oxygen atoms in total. The van der Waals surface area contributed by atoms with Crippen molar-refractivity contribution in [2.45, 2.75) is 6.18 Å². The number of anilines is 1. The van der Waals surface area contributed by atoms with E-state index in [1.165, 1.54) is 30.0 Å². The molecule has 3 heterocycles. The lowest BCUT2D eigenvalue weighted by Crippen LogP contribution is -2.09. The third-order valence-corrected chi connectivity index (χ3v) is 3.24. The fourth-order valence-corrected chi connectivity index (χ4v) is 2.32. The number of nitrogen functional groups attached to an aromatic ring is 1. The second-order valence-electron chi connectivity index (χ2n) is 3.98. The lowest BCUT2D eigenvalue weighted by Gasteiger charge is -2.04. The Kier molecular flexibility index (Phi) is 3.09. The number of nitrogens with two attached hydrogens (primary N) is 1. The van der Waals surface area contributed by atoms with Crippen LogP contribution in [0, 0.1) is 0 Å². The van der Waals surface area contributed by atoms with Gasteiger partial charge in [0.1, 0.15) is 5.82 Å². The molecule has 0 aromatic carbocycles. The third-order valence-electron chi connectivity index (χ3n) is 2.65. The summed E-state index contributed by atoms with van der Waals surface area (Å²) < 4.78 is 44.1. The summed E-state index contributed by atoms with van der Waals surface area (Å²) in [6.07, 6.45) is -0.556. The van der Waals surface area contributed by atoms with E-state index >= 15 is 0 Å². The molecule has 2 N–H and O–H groups in total. The van der Waals surface area contributed by atoms with Crippen LogP contribution in [0.5, 0.6) is 0 Å². The molecule has 0 radical (unpaired) electrons. The highest BCUT2D eigenvalue weighted by Gasteiger charge is 2.40. The number of hydrogen-bond donors (Lipinski definition) is 1. The normalized spacial score (nSPS) is 11.8. The predicted octanol–water partition coefficient (Wildman–Crippen LogP) is 2.39. The summed E-state index contributed by atoms with van der Waals surface area (Å²) in [5.74, 6) is -0.219. The van der Waals surface area contributed by atoms with Crippen molar-refractivity contribution >= 4 is 17.4 Å². The molecule has 0 aliphatic heterocycles. The maximum atomic E-state index is 13.2. The molecule has 3 aromatic heterocycles. The van der Waals surface area contributed by atoms with Crippen LogP contribution in [0.3, 0.4) is 0 Å². The van der Waals surface area contributed by atoms with Gasteiger partial charge < -0.3 is 5.73 Å². The molecule has 0 aliphatic carbocycles. The SMILES string of the molecule is Nc1c(-c2cnsc2)c(C(F)(F)F)nn1-c1ncccn1. The van der Waals surface area contributed by atoms with Crippen molar-refractivity contribution in [3.05, 3.63) is 35.7 Å². The molecule has 3 rings (SSSR count). The smallest absolute Gasteiger partial charge is 0.383 e. The maximum absolute atomic E-state index is 13.2. The first-order chi connectivity index (χ1) is 9.98. The van der Waals surface area contributed by atoms with E-state index < -0.39 is 11.9 Å². The highest BCUT2D eigenvalue weighted by atomic mass is 32.1. The Labute approximate surface area is 120 Å². The predicted molar refractivity (Wildman–Crippen MR) is 69.7 cm³/mol. The summed E-state index contributed by atoms with van der Waals surface area (Å²) in [6, 6.07) is 1.54. The average Bonchev–Trinajstić information content (AvgIpc) is 3.06. The van der Waals surface area contributed by atoms with Crippen LogP contribution >= 0.6 is 11.5 Å². The van der Waals surface area contributed by atoms with Gasteiger partial charge in [0.05, 0.1) is 5.56 Å². The molecule has 0 unspecified atom stereocenters. The number of aromatic nitrogens is 5. The number of rotatable bonds is 2. The standard InChI is InChI=1S/C11H7F3N6S/c12-11(13,14)8-7(6-4-18-21-5-6)9(15)20(19-8)10-16-2-1-3-17-10/h1-5H,15H2. The fourth-order valence-electron chi connectivity index (χ4n) is 1.80. The van der Waals surface area contributed by atoms with E-state index in [-0.39, 0.29) is 22.9 Å². The molecule has 0 aliphatic rings. The maximum Gasteiger partial charge on any atom is 0.435 e. The Bertz CT molecular complexity index is 750. The highest BCUT2D eigenvalue weighted by molar-refractivity contribution is 7.03. The van der Waals surface area contributed by atoms with Gasteiger partial charge in [0.2, 0.25) is 0 Å². The molecule has 0 bridgehead atoms. The summed E-state index contributed by atoms with van der Waals surface area (Å²) in [6.45, 7) is 0. The summed E-state index contributed by atoms with van der Waals surface area (Å²) in [5, 5.41) is 5.00. The molecule has 0 fully saturated rings. The van der Waals surface area contributed by atoms with Gasteiger partial charge in [-0.25, -0.2) is 14.3 Å². The molecule has 0 amide bonds. The van der Waals surface area contributed by atoms with Crippen molar-refractivity contribution in [2.24, 2.45) is 0 Å². The fraction of sp³-hybridized carbons (Fsp3) is 0.0909. The van der Waals surface area contributed by atoms with Crippen molar-refractivity contribution in [2.75, 3.05) is 5.73 Å². The Hall–Kier alpha value is -2.49. The molecule has 0 saturated carbocycles. The monoisotopic (exact) mass is 312 g/mol. The van der Waals surface area contributed by atoms with Crippen LogP contribution in [0.25, 0.3) is 17.1 Å². The van der Waals surface area contributed by atoms with E-state index in [1.807, 2.05) is 0 Å². The van der Waals surface area contributed by atoms with E-state index in [9.17, 15) is 13.2 Å². The Morgan fingerprint density at radius 2 is 1.90 bits per heavy atom. The largest absolute Gasteiger partial charge is 0.435 e. The van der Waals surface area contributed by atoms with E-state index in [2.05, 4.69) is 19.4 Å². The van der Waals surface area contributed by atoms with Crippen molar-refractivity contribution in [1.82, 2.24) is 24.1 Å². The lowest BCUT2D eigenvalue weighted by molar-refractivity contribution is -0.140. The molecule has 3 aromatic rings. The zero-order valence-electron chi connectivity index (χ0n) is 10.2. The third kappa shape index (κ3) is 2.33.